The van der Waals surface area contributed by atoms with Crippen LogP contribution in [0.5, 0.6) is 0 Å². The molecule has 2 aromatic rings. The number of amides is 1. The third kappa shape index (κ3) is 5.12. The molecule has 23 heavy (non-hydrogen) atoms. The van der Waals surface area contributed by atoms with Crippen LogP contribution in [-0.2, 0) is 17.9 Å². The standard InChI is InChI=1S/C17H21N5O/c18-9-16(23)21-10-12-1-5-14(6-2-12)15-7-3-13(4-8-15)11-22-17(19)20/h1-8H,9-11,18H2,(H,21,23)(H4,19,20,22). The van der Waals surface area contributed by atoms with Gasteiger partial charge in [0.15, 0.2) is 5.96 Å². The number of nitrogens with zero attached hydrogens (tertiary/aromatic N) is 1. The monoisotopic (exact) mass is 311 g/mol. The van der Waals surface area contributed by atoms with Gasteiger partial charge in [-0.1, -0.05) is 48.5 Å². The summed E-state index contributed by atoms with van der Waals surface area (Å²) < 4.78 is 0. The lowest BCUT2D eigenvalue weighted by molar-refractivity contribution is -0.119. The van der Waals surface area contributed by atoms with E-state index in [1.807, 2.05) is 48.5 Å². The van der Waals surface area contributed by atoms with E-state index in [-0.39, 0.29) is 18.4 Å². The van der Waals surface area contributed by atoms with Gasteiger partial charge in [0.25, 0.3) is 0 Å². The Kier molecular flexibility index (Phi) is 5.71. The number of rotatable bonds is 6. The van der Waals surface area contributed by atoms with E-state index >= 15 is 0 Å². The van der Waals surface area contributed by atoms with Crippen LogP contribution in [0.25, 0.3) is 11.1 Å². The average Bonchev–Trinajstić information content (AvgIpc) is 2.58. The van der Waals surface area contributed by atoms with E-state index < -0.39 is 0 Å². The number of carbonyl (C=O) groups excluding carboxylic acids is 1. The number of hydrogen-bond acceptors (Lipinski definition) is 3. The number of aliphatic imine (C=N–C) groups is 1. The summed E-state index contributed by atoms with van der Waals surface area (Å²) in [7, 11) is 0. The van der Waals surface area contributed by atoms with Crippen LogP contribution in [0.3, 0.4) is 0 Å². The van der Waals surface area contributed by atoms with E-state index in [2.05, 4.69) is 10.3 Å². The van der Waals surface area contributed by atoms with Crippen molar-refractivity contribution in [1.82, 2.24) is 5.32 Å². The highest BCUT2D eigenvalue weighted by Gasteiger charge is 2.01. The van der Waals surface area contributed by atoms with E-state index in [1.165, 1.54) is 0 Å². The van der Waals surface area contributed by atoms with E-state index in [4.69, 9.17) is 17.2 Å². The number of hydrogen-bond donors (Lipinski definition) is 4. The third-order valence-corrected chi connectivity index (χ3v) is 3.36. The Bertz CT molecular complexity index is 673. The molecule has 0 radical (unpaired) electrons. The molecule has 0 heterocycles. The summed E-state index contributed by atoms with van der Waals surface area (Å²) in [5.41, 5.74) is 20.2. The van der Waals surface area contributed by atoms with Crippen molar-refractivity contribution in [2.75, 3.05) is 6.54 Å². The molecule has 0 atom stereocenters. The summed E-state index contributed by atoms with van der Waals surface area (Å²) in [6.45, 7) is 0.959. The minimum absolute atomic E-state index is 0.00425. The fraction of sp³-hybridized carbons (Fsp3) is 0.176. The molecule has 0 aliphatic heterocycles. The largest absolute Gasteiger partial charge is 0.370 e. The molecule has 0 saturated heterocycles. The van der Waals surface area contributed by atoms with Crippen LogP contribution in [0, 0.1) is 0 Å². The molecule has 0 aliphatic carbocycles. The van der Waals surface area contributed by atoms with E-state index in [0.717, 1.165) is 22.3 Å². The second-order valence-electron chi connectivity index (χ2n) is 5.12. The molecule has 0 unspecified atom stereocenters. The first kappa shape index (κ1) is 16.5. The lowest BCUT2D eigenvalue weighted by Crippen LogP contribution is -2.29. The number of guanidine groups is 1. The maximum absolute atomic E-state index is 11.1. The van der Waals surface area contributed by atoms with Gasteiger partial charge in [0.05, 0.1) is 13.1 Å². The molecule has 120 valence electrons. The zero-order valence-electron chi connectivity index (χ0n) is 12.8. The Labute approximate surface area is 135 Å². The second-order valence-corrected chi connectivity index (χ2v) is 5.12. The topological polar surface area (TPSA) is 120 Å². The number of carbonyl (C=O) groups is 1. The molecule has 0 fully saturated rings. The highest BCUT2D eigenvalue weighted by molar-refractivity contribution is 5.77. The van der Waals surface area contributed by atoms with Crippen molar-refractivity contribution in [3.05, 3.63) is 59.7 Å². The van der Waals surface area contributed by atoms with Crippen LogP contribution in [0.15, 0.2) is 53.5 Å². The molecule has 6 heteroatoms. The molecule has 2 aromatic carbocycles. The molecule has 1 amide bonds. The van der Waals surface area contributed by atoms with Crippen LogP contribution in [0.2, 0.25) is 0 Å². The van der Waals surface area contributed by atoms with Gasteiger partial charge in [0.2, 0.25) is 5.91 Å². The maximum atomic E-state index is 11.1. The summed E-state index contributed by atoms with van der Waals surface area (Å²) in [6, 6.07) is 16.1. The Morgan fingerprint density at radius 1 is 0.913 bits per heavy atom. The first-order valence-corrected chi connectivity index (χ1v) is 7.29. The van der Waals surface area contributed by atoms with Gasteiger partial charge < -0.3 is 22.5 Å². The van der Waals surface area contributed by atoms with Crippen LogP contribution in [0.1, 0.15) is 11.1 Å². The lowest BCUT2D eigenvalue weighted by Gasteiger charge is -2.07. The van der Waals surface area contributed by atoms with Crippen molar-refractivity contribution in [3.8, 4) is 11.1 Å². The maximum Gasteiger partial charge on any atom is 0.234 e. The van der Waals surface area contributed by atoms with Gasteiger partial charge in [-0.2, -0.15) is 0 Å². The summed E-state index contributed by atoms with van der Waals surface area (Å²) in [5, 5.41) is 2.74. The molecular weight excluding hydrogens is 290 g/mol. The smallest absolute Gasteiger partial charge is 0.234 e. The van der Waals surface area contributed by atoms with E-state index in [1.54, 1.807) is 0 Å². The van der Waals surface area contributed by atoms with Gasteiger partial charge in [0.1, 0.15) is 0 Å². The van der Waals surface area contributed by atoms with Gasteiger partial charge in [0, 0.05) is 6.54 Å². The summed E-state index contributed by atoms with van der Waals surface area (Å²) >= 11 is 0. The van der Waals surface area contributed by atoms with E-state index in [0.29, 0.717) is 13.1 Å². The predicted octanol–water partition coefficient (Wildman–Crippen LogP) is 0.702. The van der Waals surface area contributed by atoms with E-state index in [9.17, 15) is 4.79 Å². The Morgan fingerprint density at radius 2 is 1.43 bits per heavy atom. The minimum atomic E-state index is -0.162. The molecule has 0 bridgehead atoms. The zero-order chi connectivity index (χ0) is 16.7. The number of benzene rings is 2. The normalized spacial score (nSPS) is 10.1. The Hall–Kier alpha value is -2.86. The average molecular weight is 311 g/mol. The number of nitrogens with one attached hydrogen (secondary N) is 1. The molecule has 7 N–H and O–H groups in total. The first-order valence-electron chi connectivity index (χ1n) is 7.29. The Balaban J connectivity index is 2.01. The van der Waals surface area contributed by atoms with Gasteiger partial charge >= 0.3 is 0 Å². The highest BCUT2D eigenvalue weighted by Crippen LogP contribution is 2.20. The third-order valence-electron chi connectivity index (χ3n) is 3.36. The first-order chi connectivity index (χ1) is 11.1. The summed E-state index contributed by atoms with van der Waals surface area (Å²) in [6.07, 6.45) is 0. The molecule has 0 saturated carbocycles. The van der Waals surface area contributed by atoms with Crippen molar-refractivity contribution in [2.24, 2.45) is 22.2 Å². The summed E-state index contributed by atoms with van der Waals surface area (Å²) in [4.78, 5) is 15.1. The lowest BCUT2D eigenvalue weighted by atomic mass is 10.0. The molecule has 0 spiro atoms. The van der Waals surface area contributed by atoms with Crippen LogP contribution >= 0.6 is 0 Å². The quantitative estimate of drug-likeness (QED) is 0.463. The SMILES string of the molecule is NCC(=O)NCc1ccc(-c2ccc(CN=C(N)N)cc2)cc1. The zero-order valence-corrected chi connectivity index (χ0v) is 12.8. The minimum Gasteiger partial charge on any atom is -0.370 e. The van der Waals surface area contributed by atoms with Gasteiger partial charge in [-0.3, -0.25) is 4.79 Å². The van der Waals surface area contributed by atoms with Gasteiger partial charge in [-0.05, 0) is 22.3 Å². The molecule has 0 aromatic heterocycles. The Morgan fingerprint density at radius 3 is 1.91 bits per heavy atom. The van der Waals surface area contributed by atoms with Crippen molar-refractivity contribution < 1.29 is 4.79 Å². The molecular formula is C17H21N5O. The van der Waals surface area contributed by atoms with Crippen molar-refractivity contribution >= 4 is 11.9 Å². The van der Waals surface area contributed by atoms with Crippen molar-refractivity contribution in [2.45, 2.75) is 13.1 Å². The van der Waals surface area contributed by atoms with Crippen LogP contribution in [-0.4, -0.2) is 18.4 Å². The molecule has 0 aliphatic rings. The van der Waals surface area contributed by atoms with Crippen LogP contribution < -0.4 is 22.5 Å². The molecule has 2 rings (SSSR count). The summed E-state index contributed by atoms with van der Waals surface area (Å²) in [5.74, 6) is -0.0724. The van der Waals surface area contributed by atoms with Gasteiger partial charge in [-0.15, -0.1) is 0 Å². The van der Waals surface area contributed by atoms with Crippen molar-refractivity contribution in [3.63, 3.8) is 0 Å². The molecule has 6 nitrogen and oxygen atoms in total. The van der Waals surface area contributed by atoms with Crippen LogP contribution in [0.4, 0.5) is 0 Å². The van der Waals surface area contributed by atoms with Crippen molar-refractivity contribution in [1.29, 1.82) is 0 Å². The second kappa shape index (κ2) is 7.95. The predicted molar refractivity (Wildman–Crippen MR) is 92.3 cm³/mol. The fourth-order valence-electron chi connectivity index (χ4n) is 2.07. The highest BCUT2D eigenvalue weighted by atomic mass is 16.1. The van der Waals surface area contributed by atoms with Gasteiger partial charge in [-0.25, -0.2) is 4.99 Å². The number of nitrogens with two attached hydrogens (primary N) is 3. The fourth-order valence-corrected chi connectivity index (χ4v) is 2.07.